The fraction of sp³-hybridized carbons (Fsp3) is 0.421. The molecule has 0 unspecified atom stereocenters. The van der Waals surface area contributed by atoms with Crippen LogP contribution in [0.1, 0.15) is 21.7 Å². The van der Waals surface area contributed by atoms with E-state index >= 15 is 0 Å². The van der Waals surface area contributed by atoms with Crippen LogP contribution in [0.5, 0.6) is 11.5 Å². The van der Waals surface area contributed by atoms with Gasteiger partial charge in [-0.15, -0.1) is 0 Å². The second-order valence-electron chi connectivity index (χ2n) is 5.83. The molecule has 146 valence electrons. The number of anilines is 1. The van der Waals surface area contributed by atoms with Gasteiger partial charge in [0, 0.05) is 25.9 Å². The molecule has 0 fully saturated rings. The highest BCUT2D eigenvalue weighted by Gasteiger charge is 2.10. The van der Waals surface area contributed by atoms with Crippen LogP contribution in [0, 0.1) is 6.92 Å². The van der Waals surface area contributed by atoms with Gasteiger partial charge in [-0.25, -0.2) is 9.97 Å². The van der Waals surface area contributed by atoms with Gasteiger partial charge in [-0.3, -0.25) is 4.79 Å². The van der Waals surface area contributed by atoms with Crippen LogP contribution in [0.2, 0.25) is 0 Å². The van der Waals surface area contributed by atoms with Crippen molar-refractivity contribution in [2.75, 3.05) is 46.3 Å². The lowest BCUT2D eigenvalue weighted by Gasteiger charge is -2.11. The molecule has 8 nitrogen and oxygen atoms in total. The summed E-state index contributed by atoms with van der Waals surface area (Å²) in [6, 6.07) is 7.45. The van der Waals surface area contributed by atoms with Crippen molar-refractivity contribution < 1.29 is 19.0 Å². The Labute approximate surface area is 159 Å². The number of carbonyl (C=O) groups is 1. The number of amides is 1. The average Bonchev–Trinajstić information content (AvgIpc) is 2.67. The average molecular weight is 374 g/mol. The van der Waals surface area contributed by atoms with E-state index in [-0.39, 0.29) is 5.91 Å². The molecule has 0 atom stereocenters. The van der Waals surface area contributed by atoms with Crippen molar-refractivity contribution in [3.8, 4) is 11.5 Å². The van der Waals surface area contributed by atoms with Gasteiger partial charge in [-0.1, -0.05) is 6.07 Å². The van der Waals surface area contributed by atoms with E-state index in [2.05, 4.69) is 20.6 Å². The van der Waals surface area contributed by atoms with Crippen molar-refractivity contribution in [3.05, 3.63) is 41.2 Å². The molecule has 8 heteroatoms. The highest BCUT2D eigenvalue weighted by molar-refractivity contribution is 5.92. The number of hydrogen-bond acceptors (Lipinski definition) is 7. The summed E-state index contributed by atoms with van der Waals surface area (Å²) in [4.78, 5) is 20.8. The molecule has 0 bridgehead atoms. The van der Waals surface area contributed by atoms with E-state index in [4.69, 9.17) is 14.2 Å². The molecule has 0 aliphatic heterocycles. The highest BCUT2D eigenvalue weighted by atomic mass is 16.5. The summed E-state index contributed by atoms with van der Waals surface area (Å²) in [5.74, 6) is 1.56. The first-order valence-corrected chi connectivity index (χ1v) is 8.65. The maximum absolute atomic E-state index is 12.1. The van der Waals surface area contributed by atoms with Crippen molar-refractivity contribution in [1.82, 2.24) is 15.3 Å². The molecule has 1 amide bonds. The van der Waals surface area contributed by atoms with Crippen LogP contribution in [-0.4, -0.2) is 56.9 Å². The molecule has 1 aromatic carbocycles. The molecule has 0 radical (unpaired) electrons. The topological polar surface area (TPSA) is 94.6 Å². The number of aromatic nitrogens is 2. The summed E-state index contributed by atoms with van der Waals surface area (Å²) in [5, 5.41) is 5.92. The minimum Gasteiger partial charge on any atom is -0.493 e. The SMILES string of the molecule is COCCNC(=O)c1cc(C)nc(NCCc2ccc(OC)c(OC)c2)n1. The molecule has 0 spiro atoms. The minimum absolute atomic E-state index is 0.250. The zero-order valence-electron chi connectivity index (χ0n) is 16.2. The third-order valence-corrected chi connectivity index (χ3v) is 3.82. The van der Waals surface area contributed by atoms with Gasteiger partial charge in [0.2, 0.25) is 5.95 Å². The van der Waals surface area contributed by atoms with Gasteiger partial charge in [0.05, 0.1) is 20.8 Å². The first-order valence-electron chi connectivity index (χ1n) is 8.65. The van der Waals surface area contributed by atoms with Gasteiger partial charge in [-0.05, 0) is 37.1 Å². The summed E-state index contributed by atoms with van der Waals surface area (Å²) in [6.45, 7) is 3.32. The second-order valence-corrected chi connectivity index (χ2v) is 5.83. The third kappa shape index (κ3) is 6.10. The number of nitrogens with one attached hydrogen (secondary N) is 2. The van der Waals surface area contributed by atoms with E-state index in [0.717, 1.165) is 17.7 Å². The molecule has 1 aromatic heterocycles. The molecule has 2 N–H and O–H groups in total. The molecule has 0 saturated carbocycles. The Morgan fingerprint density at radius 3 is 2.52 bits per heavy atom. The molecular weight excluding hydrogens is 348 g/mol. The maximum Gasteiger partial charge on any atom is 0.270 e. The molecule has 0 aliphatic carbocycles. The van der Waals surface area contributed by atoms with Crippen LogP contribution in [0.15, 0.2) is 24.3 Å². The summed E-state index contributed by atoms with van der Waals surface area (Å²) >= 11 is 0. The quantitative estimate of drug-likeness (QED) is 0.613. The normalized spacial score (nSPS) is 10.4. The van der Waals surface area contributed by atoms with Gasteiger partial charge >= 0.3 is 0 Å². The van der Waals surface area contributed by atoms with Crippen molar-refractivity contribution in [1.29, 1.82) is 0 Å². The van der Waals surface area contributed by atoms with Gasteiger partial charge in [-0.2, -0.15) is 0 Å². The summed E-state index contributed by atoms with van der Waals surface area (Å²) in [5.41, 5.74) is 2.13. The molecule has 0 saturated heterocycles. The van der Waals surface area contributed by atoms with E-state index in [0.29, 0.717) is 42.8 Å². The molecule has 0 aliphatic rings. The smallest absolute Gasteiger partial charge is 0.270 e. The Hall–Kier alpha value is -2.87. The van der Waals surface area contributed by atoms with Gasteiger partial charge < -0.3 is 24.8 Å². The Morgan fingerprint density at radius 1 is 1.04 bits per heavy atom. The summed E-state index contributed by atoms with van der Waals surface area (Å²) < 4.78 is 15.5. The standard InChI is InChI=1S/C19H26N4O4/c1-13-11-15(18(24)20-9-10-25-2)23-19(22-13)21-8-7-14-5-6-16(26-3)17(12-14)27-4/h5-6,11-12H,7-10H2,1-4H3,(H,20,24)(H,21,22,23). The Kier molecular flexibility index (Phi) is 7.81. The van der Waals surface area contributed by atoms with E-state index < -0.39 is 0 Å². The number of hydrogen-bond donors (Lipinski definition) is 2. The Balaban J connectivity index is 1.96. The molecule has 2 aromatic rings. The Morgan fingerprint density at radius 2 is 1.81 bits per heavy atom. The van der Waals surface area contributed by atoms with Gasteiger partial charge in [0.1, 0.15) is 5.69 Å². The summed E-state index contributed by atoms with van der Waals surface area (Å²) in [7, 11) is 4.80. The lowest BCUT2D eigenvalue weighted by molar-refractivity contribution is 0.0932. The van der Waals surface area contributed by atoms with E-state index in [1.54, 1.807) is 27.4 Å². The summed E-state index contributed by atoms with van der Waals surface area (Å²) in [6.07, 6.45) is 0.743. The maximum atomic E-state index is 12.1. The van der Waals surface area contributed by atoms with Crippen molar-refractivity contribution in [2.24, 2.45) is 0 Å². The minimum atomic E-state index is -0.250. The van der Waals surface area contributed by atoms with E-state index in [9.17, 15) is 4.79 Å². The van der Waals surface area contributed by atoms with Crippen molar-refractivity contribution >= 4 is 11.9 Å². The number of rotatable bonds is 10. The van der Waals surface area contributed by atoms with E-state index in [1.165, 1.54) is 0 Å². The van der Waals surface area contributed by atoms with Crippen LogP contribution in [0.4, 0.5) is 5.95 Å². The second kappa shape index (κ2) is 10.3. The molecule has 27 heavy (non-hydrogen) atoms. The number of methoxy groups -OCH3 is 3. The van der Waals surface area contributed by atoms with Gasteiger partial charge in [0.15, 0.2) is 11.5 Å². The number of ether oxygens (including phenoxy) is 3. The fourth-order valence-electron chi connectivity index (χ4n) is 2.48. The molecule has 1 heterocycles. The fourth-order valence-corrected chi connectivity index (χ4v) is 2.48. The van der Waals surface area contributed by atoms with Crippen molar-refractivity contribution in [3.63, 3.8) is 0 Å². The number of aryl methyl sites for hydroxylation is 1. The van der Waals surface area contributed by atoms with Crippen LogP contribution < -0.4 is 20.1 Å². The highest BCUT2D eigenvalue weighted by Crippen LogP contribution is 2.27. The predicted octanol–water partition coefficient (Wildman–Crippen LogP) is 1.83. The number of benzene rings is 1. The Bertz CT molecular complexity index is 767. The predicted molar refractivity (Wildman–Crippen MR) is 103 cm³/mol. The lowest BCUT2D eigenvalue weighted by Crippen LogP contribution is -2.28. The van der Waals surface area contributed by atoms with Crippen molar-refractivity contribution in [2.45, 2.75) is 13.3 Å². The van der Waals surface area contributed by atoms with Gasteiger partial charge in [0.25, 0.3) is 5.91 Å². The van der Waals surface area contributed by atoms with E-state index in [1.807, 2.05) is 25.1 Å². The number of nitrogens with zero attached hydrogens (tertiary/aromatic N) is 2. The first kappa shape index (κ1) is 20.4. The zero-order valence-corrected chi connectivity index (χ0v) is 16.2. The zero-order chi connectivity index (χ0) is 19.6. The number of carbonyl (C=O) groups excluding carboxylic acids is 1. The largest absolute Gasteiger partial charge is 0.493 e. The molecule has 2 rings (SSSR count). The first-order chi connectivity index (χ1) is 13.1. The third-order valence-electron chi connectivity index (χ3n) is 3.82. The van der Waals surface area contributed by atoms with Crippen LogP contribution in [-0.2, 0) is 11.2 Å². The monoisotopic (exact) mass is 374 g/mol. The van der Waals surface area contributed by atoms with Crippen LogP contribution in [0.3, 0.4) is 0 Å². The molecular formula is C19H26N4O4. The van der Waals surface area contributed by atoms with Crippen LogP contribution >= 0.6 is 0 Å². The van der Waals surface area contributed by atoms with Crippen LogP contribution in [0.25, 0.3) is 0 Å². The lowest BCUT2D eigenvalue weighted by atomic mass is 10.1.